The van der Waals surface area contributed by atoms with E-state index in [1.807, 2.05) is 6.07 Å². The lowest BCUT2D eigenvalue weighted by atomic mass is 9.85. The van der Waals surface area contributed by atoms with Gasteiger partial charge in [0.2, 0.25) is 5.91 Å². The summed E-state index contributed by atoms with van der Waals surface area (Å²) < 4.78 is 0. The van der Waals surface area contributed by atoms with Crippen molar-refractivity contribution in [3.63, 3.8) is 0 Å². The molecule has 0 saturated heterocycles. The molecule has 20 heavy (non-hydrogen) atoms. The summed E-state index contributed by atoms with van der Waals surface area (Å²) in [5.74, 6) is 0.677. The van der Waals surface area contributed by atoms with Crippen LogP contribution in [-0.4, -0.2) is 17.8 Å². The van der Waals surface area contributed by atoms with Crippen LogP contribution in [0.2, 0.25) is 0 Å². The molecule has 1 aromatic carbocycles. The van der Waals surface area contributed by atoms with Crippen molar-refractivity contribution in [3.8, 4) is 0 Å². The van der Waals surface area contributed by atoms with Crippen LogP contribution in [0.4, 0.5) is 0 Å². The molecule has 0 heterocycles. The zero-order valence-electron chi connectivity index (χ0n) is 13.0. The van der Waals surface area contributed by atoms with Crippen LogP contribution in [-0.2, 0) is 11.2 Å². The number of nitrogens with one attached hydrogen (secondary N) is 1. The van der Waals surface area contributed by atoms with Crippen molar-refractivity contribution in [1.29, 1.82) is 0 Å². The quantitative estimate of drug-likeness (QED) is 0.787. The summed E-state index contributed by atoms with van der Waals surface area (Å²) in [5, 5.41) is 3.12. The molecule has 0 aromatic heterocycles. The first-order chi connectivity index (χ1) is 9.32. The Morgan fingerprint density at radius 1 is 1.35 bits per heavy atom. The summed E-state index contributed by atoms with van der Waals surface area (Å²) in [6.07, 6.45) is 2.12. The number of hydrogen-bond acceptors (Lipinski definition) is 1. The van der Waals surface area contributed by atoms with Gasteiger partial charge in [-0.3, -0.25) is 4.79 Å². The second-order valence-electron chi connectivity index (χ2n) is 6.45. The van der Waals surface area contributed by atoms with Crippen molar-refractivity contribution in [2.75, 3.05) is 5.88 Å². The van der Waals surface area contributed by atoms with Gasteiger partial charge in [0.1, 0.15) is 0 Å². The molecular formula is C17H26ClNO. The highest BCUT2D eigenvalue weighted by Gasteiger charge is 2.25. The average molecular weight is 296 g/mol. The molecule has 0 bridgehead atoms. The highest BCUT2D eigenvalue weighted by molar-refractivity contribution is 6.17. The van der Waals surface area contributed by atoms with Gasteiger partial charge < -0.3 is 5.32 Å². The van der Waals surface area contributed by atoms with Crippen molar-refractivity contribution >= 4 is 17.5 Å². The van der Waals surface area contributed by atoms with Gasteiger partial charge in [-0.15, -0.1) is 11.6 Å². The van der Waals surface area contributed by atoms with E-state index in [1.165, 1.54) is 11.1 Å². The van der Waals surface area contributed by atoms with Crippen LogP contribution in [0.25, 0.3) is 0 Å². The molecule has 0 saturated carbocycles. The van der Waals surface area contributed by atoms with Crippen LogP contribution in [0, 0.1) is 12.3 Å². The second-order valence-corrected chi connectivity index (χ2v) is 6.83. The fourth-order valence-corrected chi connectivity index (χ4v) is 2.44. The molecule has 1 aromatic rings. The number of aryl methyl sites for hydroxylation is 2. The molecule has 1 atom stereocenters. The smallest absolute Gasteiger partial charge is 0.220 e. The SMILES string of the molecule is Cc1cccc(CCC(=O)NC(CCCl)C(C)(C)C)c1. The number of carbonyl (C=O) groups is 1. The Morgan fingerprint density at radius 3 is 2.60 bits per heavy atom. The highest BCUT2D eigenvalue weighted by Crippen LogP contribution is 2.22. The van der Waals surface area contributed by atoms with Crippen LogP contribution >= 0.6 is 11.6 Å². The van der Waals surface area contributed by atoms with E-state index in [-0.39, 0.29) is 17.4 Å². The minimum Gasteiger partial charge on any atom is -0.353 e. The van der Waals surface area contributed by atoms with Gasteiger partial charge in [0, 0.05) is 18.3 Å². The lowest BCUT2D eigenvalue weighted by molar-refractivity contribution is -0.122. The molecule has 0 aliphatic rings. The fraction of sp³-hybridized carbons (Fsp3) is 0.588. The summed E-state index contributed by atoms with van der Waals surface area (Å²) in [6, 6.07) is 8.44. The van der Waals surface area contributed by atoms with Gasteiger partial charge in [-0.2, -0.15) is 0 Å². The minimum atomic E-state index is 0.0356. The fourth-order valence-electron chi connectivity index (χ4n) is 2.22. The number of halogens is 1. The van der Waals surface area contributed by atoms with E-state index in [9.17, 15) is 4.79 Å². The third-order valence-electron chi connectivity index (χ3n) is 3.50. The predicted molar refractivity (Wildman–Crippen MR) is 86.2 cm³/mol. The standard InChI is InChI=1S/C17H26ClNO/c1-13-6-5-7-14(12-13)8-9-16(20)19-15(10-11-18)17(2,3)4/h5-7,12,15H,8-11H2,1-4H3,(H,19,20). The molecule has 0 aliphatic heterocycles. The van der Waals surface area contributed by atoms with Crippen LogP contribution in [0.5, 0.6) is 0 Å². The lowest BCUT2D eigenvalue weighted by Crippen LogP contribution is -2.44. The number of rotatable bonds is 6. The summed E-state index contributed by atoms with van der Waals surface area (Å²) in [4.78, 5) is 12.1. The third kappa shape index (κ3) is 5.96. The molecule has 1 unspecified atom stereocenters. The zero-order chi connectivity index (χ0) is 15.2. The van der Waals surface area contributed by atoms with Crippen LogP contribution in [0.1, 0.15) is 44.7 Å². The van der Waals surface area contributed by atoms with E-state index >= 15 is 0 Å². The maximum absolute atomic E-state index is 12.1. The zero-order valence-corrected chi connectivity index (χ0v) is 13.8. The van der Waals surface area contributed by atoms with Crippen molar-refractivity contribution < 1.29 is 4.79 Å². The molecule has 1 rings (SSSR count). The molecule has 2 nitrogen and oxygen atoms in total. The topological polar surface area (TPSA) is 29.1 Å². The largest absolute Gasteiger partial charge is 0.353 e. The summed E-state index contributed by atoms with van der Waals surface area (Å²) in [7, 11) is 0. The second kappa shape index (κ2) is 7.68. The summed E-state index contributed by atoms with van der Waals surface area (Å²) in [5.41, 5.74) is 2.48. The molecule has 1 N–H and O–H groups in total. The van der Waals surface area contributed by atoms with Crippen molar-refractivity contribution in [3.05, 3.63) is 35.4 Å². The first-order valence-corrected chi connectivity index (χ1v) is 7.77. The van der Waals surface area contributed by atoms with E-state index in [4.69, 9.17) is 11.6 Å². The molecule has 0 fully saturated rings. The van der Waals surface area contributed by atoms with Gasteiger partial charge in [0.05, 0.1) is 0 Å². The first kappa shape index (κ1) is 17.0. The van der Waals surface area contributed by atoms with Crippen molar-refractivity contribution in [1.82, 2.24) is 5.32 Å². The van der Waals surface area contributed by atoms with Crippen LogP contribution < -0.4 is 5.32 Å². The number of amides is 1. The molecule has 0 spiro atoms. The minimum absolute atomic E-state index is 0.0356. The van der Waals surface area contributed by atoms with Gasteiger partial charge in [-0.25, -0.2) is 0 Å². The van der Waals surface area contributed by atoms with E-state index in [0.717, 1.165) is 12.8 Å². The molecule has 0 aliphatic carbocycles. The first-order valence-electron chi connectivity index (χ1n) is 7.24. The van der Waals surface area contributed by atoms with E-state index in [2.05, 4.69) is 51.2 Å². The van der Waals surface area contributed by atoms with Crippen LogP contribution in [0.3, 0.4) is 0 Å². The Hall–Kier alpha value is -1.02. The average Bonchev–Trinajstić information content (AvgIpc) is 2.35. The van der Waals surface area contributed by atoms with Gasteiger partial charge in [0.25, 0.3) is 0 Å². The van der Waals surface area contributed by atoms with Crippen molar-refractivity contribution in [2.24, 2.45) is 5.41 Å². The Bertz CT molecular complexity index is 437. The number of alkyl halides is 1. The monoisotopic (exact) mass is 295 g/mol. The van der Waals surface area contributed by atoms with E-state index in [0.29, 0.717) is 12.3 Å². The number of hydrogen-bond donors (Lipinski definition) is 1. The van der Waals surface area contributed by atoms with Gasteiger partial charge in [-0.1, -0.05) is 50.6 Å². The normalized spacial score (nSPS) is 13.1. The molecular weight excluding hydrogens is 270 g/mol. The van der Waals surface area contributed by atoms with E-state index in [1.54, 1.807) is 0 Å². The summed E-state index contributed by atoms with van der Waals surface area (Å²) >= 11 is 5.82. The predicted octanol–water partition coefficient (Wildman–Crippen LogP) is 4.09. The maximum atomic E-state index is 12.1. The number of benzene rings is 1. The Kier molecular flexibility index (Phi) is 6.54. The Balaban J connectivity index is 2.50. The molecule has 0 radical (unpaired) electrons. The molecule has 3 heteroatoms. The maximum Gasteiger partial charge on any atom is 0.220 e. The lowest BCUT2D eigenvalue weighted by Gasteiger charge is -2.31. The molecule has 112 valence electrons. The Morgan fingerprint density at radius 2 is 2.05 bits per heavy atom. The van der Waals surface area contributed by atoms with Crippen LogP contribution in [0.15, 0.2) is 24.3 Å². The van der Waals surface area contributed by atoms with Gasteiger partial charge >= 0.3 is 0 Å². The van der Waals surface area contributed by atoms with Crippen molar-refractivity contribution in [2.45, 2.75) is 53.0 Å². The summed E-state index contributed by atoms with van der Waals surface area (Å²) in [6.45, 7) is 8.46. The van der Waals surface area contributed by atoms with E-state index < -0.39 is 0 Å². The number of carbonyl (C=O) groups excluding carboxylic acids is 1. The molecule has 1 amide bonds. The van der Waals surface area contributed by atoms with Gasteiger partial charge in [-0.05, 0) is 30.7 Å². The Labute approximate surface area is 127 Å². The van der Waals surface area contributed by atoms with Gasteiger partial charge in [0.15, 0.2) is 0 Å². The third-order valence-corrected chi connectivity index (χ3v) is 3.72. The highest BCUT2D eigenvalue weighted by atomic mass is 35.5.